The van der Waals surface area contributed by atoms with Gasteiger partial charge < -0.3 is 9.32 Å². The number of hydrogen-bond donors (Lipinski definition) is 1. The molecule has 0 bridgehead atoms. The Balaban J connectivity index is 2.51. The van der Waals surface area contributed by atoms with Gasteiger partial charge >= 0.3 is 0 Å². The summed E-state index contributed by atoms with van der Waals surface area (Å²) in [6.07, 6.45) is 0. The lowest BCUT2D eigenvalue weighted by Gasteiger charge is -2.16. The molecule has 0 aliphatic rings. The van der Waals surface area contributed by atoms with Gasteiger partial charge in [-0.15, -0.1) is 16.4 Å². The van der Waals surface area contributed by atoms with E-state index in [-0.39, 0.29) is 10.3 Å². The number of aromatic amines is 1. The number of H-pyrrole nitrogens is 1. The summed E-state index contributed by atoms with van der Waals surface area (Å²) in [7, 11) is 4.05. The maximum absolute atomic E-state index is 5.43. The van der Waals surface area contributed by atoms with Gasteiger partial charge in [0.05, 0.1) is 5.69 Å². The van der Waals surface area contributed by atoms with Crippen molar-refractivity contribution in [3.05, 3.63) is 15.5 Å². The van der Waals surface area contributed by atoms with Crippen LogP contribution in [0.1, 0.15) is 31.5 Å². The first kappa shape index (κ1) is 14.4. The zero-order chi connectivity index (χ0) is 14.2. The summed E-state index contributed by atoms with van der Waals surface area (Å²) < 4.78 is 5.43. The van der Waals surface area contributed by atoms with Gasteiger partial charge in [0.1, 0.15) is 9.88 Å². The predicted molar refractivity (Wildman–Crippen MR) is 78.9 cm³/mol. The Morgan fingerprint density at radius 2 is 2.05 bits per heavy atom. The maximum atomic E-state index is 5.43. The van der Waals surface area contributed by atoms with Gasteiger partial charge in [-0.05, 0) is 26.3 Å². The van der Waals surface area contributed by atoms with Gasteiger partial charge in [-0.25, -0.2) is 10.1 Å². The highest BCUT2D eigenvalue weighted by Gasteiger charge is 2.26. The zero-order valence-electron chi connectivity index (χ0n) is 11.8. The summed E-state index contributed by atoms with van der Waals surface area (Å²) in [5, 5.41) is 7.83. The minimum Gasteiger partial charge on any atom is -0.408 e. The third-order valence-electron chi connectivity index (χ3n) is 2.47. The van der Waals surface area contributed by atoms with Crippen molar-refractivity contribution < 1.29 is 4.42 Å². The van der Waals surface area contributed by atoms with Crippen molar-refractivity contribution in [2.75, 3.05) is 14.1 Å². The molecule has 0 spiro atoms. The Labute approximate surface area is 121 Å². The molecule has 2 rings (SSSR count). The minimum atomic E-state index is -0.0630. The van der Waals surface area contributed by atoms with E-state index in [9.17, 15) is 0 Å². The molecular formula is C12H18N4OS2. The summed E-state index contributed by atoms with van der Waals surface area (Å²) >= 11 is 6.54. The largest absolute Gasteiger partial charge is 0.408 e. The topological polar surface area (TPSA) is 58.0 Å². The Morgan fingerprint density at radius 1 is 1.37 bits per heavy atom. The average Bonchev–Trinajstić information content (AvgIpc) is 2.82. The standard InChI is InChI=1S/C12H18N4OS2/c1-12(2,3)9-8(10-14-15-11(18)17-10)19-7(13-9)6-16(4)5/h6H2,1-5H3,(H,15,18). The van der Waals surface area contributed by atoms with Crippen molar-refractivity contribution in [2.24, 2.45) is 0 Å². The van der Waals surface area contributed by atoms with Crippen LogP contribution in [-0.2, 0) is 12.0 Å². The van der Waals surface area contributed by atoms with Crippen LogP contribution in [0.2, 0.25) is 0 Å². The highest BCUT2D eigenvalue weighted by Crippen LogP contribution is 2.36. The van der Waals surface area contributed by atoms with Crippen molar-refractivity contribution in [2.45, 2.75) is 32.7 Å². The Hall–Kier alpha value is -1.05. The molecule has 5 nitrogen and oxygen atoms in total. The van der Waals surface area contributed by atoms with Crippen LogP contribution in [0, 0.1) is 4.84 Å². The molecule has 104 valence electrons. The molecule has 0 amide bonds. The molecule has 7 heteroatoms. The lowest BCUT2D eigenvalue weighted by atomic mass is 9.91. The lowest BCUT2D eigenvalue weighted by molar-refractivity contribution is 0.400. The first-order valence-corrected chi connectivity index (χ1v) is 7.20. The quantitative estimate of drug-likeness (QED) is 0.882. The number of nitrogens with one attached hydrogen (secondary N) is 1. The lowest BCUT2D eigenvalue weighted by Crippen LogP contribution is -2.14. The SMILES string of the molecule is CN(C)Cc1nc(C(C)(C)C)c(-c2n[nH]c(=S)o2)s1. The Bertz CT molecular complexity index is 618. The molecule has 0 aliphatic heterocycles. The second kappa shape index (κ2) is 5.15. The fraction of sp³-hybridized carbons (Fsp3) is 0.583. The van der Waals surface area contributed by atoms with Crippen molar-refractivity contribution in [3.8, 4) is 10.8 Å². The second-order valence-corrected chi connectivity index (χ2v) is 7.15. The molecular weight excluding hydrogens is 280 g/mol. The van der Waals surface area contributed by atoms with Crippen molar-refractivity contribution in [1.29, 1.82) is 0 Å². The normalized spacial score (nSPS) is 12.3. The summed E-state index contributed by atoms with van der Waals surface area (Å²) in [5.41, 5.74) is 0.937. The number of aromatic nitrogens is 3. The van der Waals surface area contributed by atoms with Crippen LogP contribution < -0.4 is 0 Å². The molecule has 0 saturated heterocycles. The number of hydrogen-bond acceptors (Lipinski definition) is 6. The van der Waals surface area contributed by atoms with E-state index in [0.717, 1.165) is 22.1 Å². The number of rotatable bonds is 3. The van der Waals surface area contributed by atoms with Crippen LogP contribution >= 0.6 is 23.6 Å². The van der Waals surface area contributed by atoms with E-state index in [0.29, 0.717) is 5.89 Å². The van der Waals surface area contributed by atoms with E-state index in [1.807, 2.05) is 14.1 Å². The maximum Gasteiger partial charge on any atom is 0.284 e. The average molecular weight is 298 g/mol. The van der Waals surface area contributed by atoms with E-state index >= 15 is 0 Å². The van der Waals surface area contributed by atoms with Crippen LogP contribution in [0.3, 0.4) is 0 Å². The minimum absolute atomic E-state index is 0.0630. The summed E-state index contributed by atoms with van der Waals surface area (Å²) in [4.78, 5) is 8.07. The monoisotopic (exact) mass is 298 g/mol. The van der Waals surface area contributed by atoms with E-state index in [2.05, 4.69) is 35.9 Å². The van der Waals surface area contributed by atoms with Crippen LogP contribution in [0.25, 0.3) is 10.8 Å². The molecule has 0 fully saturated rings. The summed E-state index contributed by atoms with van der Waals surface area (Å²) in [6.45, 7) is 7.20. The van der Waals surface area contributed by atoms with E-state index in [4.69, 9.17) is 21.6 Å². The van der Waals surface area contributed by atoms with Crippen LogP contribution in [-0.4, -0.2) is 34.2 Å². The van der Waals surface area contributed by atoms with Gasteiger partial charge in [0.15, 0.2) is 0 Å². The third kappa shape index (κ3) is 3.29. The van der Waals surface area contributed by atoms with E-state index in [1.54, 1.807) is 11.3 Å². The first-order chi connectivity index (χ1) is 8.77. The third-order valence-corrected chi connectivity index (χ3v) is 3.67. The van der Waals surface area contributed by atoms with Crippen molar-refractivity contribution >= 4 is 23.6 Å². The summed E-state index contributed by atoms with van der Waals surface area (Å²) in [6, 6.07) is 0. The van der Waals surface area contributed by atoms with Gasteiger partial charge in [-0.2, -0.15) is 0 Å². The van der Waals surface area contributed by atoms with Crippen LogP contribution in [0.15, 0.2) is 4.42 Å². The van der Waals surface area contributed by atoms with Gasteiger partial charge in [0.2, 0.25) is 0 Å². The molecule has 0 radical (unpaired) electrons. The van der Waals surface area contributed by atoms with Crippen molar-refractivity contribution in [3.63, 3.8) is 0 Å². The fourth-order valence-corrected chi connectivity index (χ4v) is 3.13. The molecule has 2 aromatic rings. The second-order valence-electron chi connectivity index (χ2n) is 5.69. The summed E-state index contributed by atoms with van der Waals surface area (Å²) in [5.74, 6) is 0.525. The van der Waals surface area contributed by atoms with Crippen LogP contribution in [0.4, 0.5) is 0 Å². The zero-order valence-corrected chi connectivity index (χ0v) is 13.4. The molecule has 2 aromatic heterocycles. The smallest absolute Gasteiger partial charge is 0.284 e. The van der Waals surface area contributed by atoms with Gasteiger partial charge in [0.25, 0.3) is 10.7 Å². The molecule has 0 aliphatic carbocycles. The molecule has 1 N–H and O–H groups in total. The van der Waals surface area contributed by atoms with Gasteiger partial charge in [0, 0.05) is 12.0 Å². The van der Waals surface area contributed by atoms with Gasteiger partial charge in [-0.3, -0.25) is 0 Å². The predicted octanol–water partition coefficient (Wildman–Crippen LogP) is 3.21. The highest BCUT2D eigenvalue weighted by atomic mass is 32.1. The molecule has 0 aromatic carbocycles. The molecule has 0 unspecified atom stereocenters. The van der Waals surface area contributed by atoms with Crippen LogP contribution in [0.5, 0.6) is 0 Å². The molecule has 2 heterocycles. The van der Waals surface area contributed by atoms with Gasteiger partial charge in [-0.1, -0.05) is 20.8 Å². The molecule has 0 atom stereocenters. The highest BCUT2D eigenvalue weighted by molar-refractivity contribution is 7.71. The van der Waals surface area contributed by atoms with E-state index < -0.39 is 0 Å². The molecule has 19 heavy (non-hydrogen) atoms. The number of nitrogens with zero attached hydrogens (tertiary/aromatic N) is 3. The molecule has 0 saturated carbocycles. The van der Waals surface area contributed by atoms with Crippen molar-refractivity contribution in [1.82, 2.24) is 20.1 Å². The van der Waals surface area contributed by atoms with E-state index in [1.165, 1.54) is 0 Å². The Kier molecular flexibility index (Phi) is 3.89. The first-order valence-electron chi connectivity index (χ1n) is 5.98. The Morgan fingerprint density at radius 3 is 2.53 bits per heavy atom. The number of thiazole rings is 1. The fourth-order valence-electron chi connectivity index (χ4n) is 1.68.